The standard InChI is InChI=1S/C19H20FN5O/c1-13-11-25-12-15(9-16(20)18(25)22-13)23-19(26)14-5-6-17(21-10-14)24-7-3-2-4-8-24/h5-6,9-12H,2-4,7-8H2,1H3,(H,23,26). The molecule has 4 rings (SSSR count). The Balaban J connectivity index is 1.51. The molecule has 4 heterocycles. The molecule has 0 spiro atoms. The molecule has 0 radical (unpaired) electrons. The highest BCUT2D eigenvalue weighted by Crippen LogP contribution is 2.19. The molecular weight excluding hydrogens is 333 g/mol. The highest BCUT2D eigenvalue weighted by Gasteiger charge is 2.14. The van der Waals surface area contributed by atoms with Crippen LogP contribution in [0, 0.1) is 12.7 Å². The van der Waals surface area contributed by atoms with E-state index in [0.717, 1.165) is 18.9 Å². The van der Waals surface area contributed by atoms with Crippen LogP contribution in [0.5, 0.6) is 0 Å². The zero-order valence-electron chi connectivity index (χ0n) is 14.6. The molecule has 0 unspecified atom stereocenters. The first-order valence-electron chi connectivity index (χ1n) is 8.77. The number of anilines is 2. The van der Waals surface area contributed by atoms with Crippen LogP contribution in [0.1, 0.15) is 35.3 Å². The highest BCUT2D eigenvalue weighted by molar-refractivity contribution is 6.04. The van der Waals surface area contributed by atoms with Gasteiger partial charge in [-0.1, -0.05) is 0 Å². The number of fused-ring (bicyclic) bond motifs is 1. The van der Waals surface area contributed by atoms with E-state index in [0.29, 0.717) is 16.9 Å². The Hall–Kier alpha value is -2.96. The fourth-order valence-electron chi connectivity index (χ4n) is 3.28. The van der Waals surface area contributed by atoms with Crippen LogP contribution in [-0.4, -0.2) is 33.4 Å². The van der Waals surface area contributed by atoms with E-state index in [1.807, 2.05) is 6.07 Å². The number of hydrogen-bond acceptors (Lipinski definition) is 4. The normalized spacial score (nSPS) is 14.6. The number of nitrogens with one attached hydrogen (secondary N) is 1. The fraction of sp³-hybridized carbons (Fsp3) is 0.316. The van der Waals surface area contributed by atoms with Gasteiger partial charge in [0.2, 0.25) is 0 Å². The van der Waals surface area contributed by atoms with E-state index in [2.05, 4.69) is 20.2 Å². The first kappa shape index (κ1) is 16.5. The second-order valence-corrected chi connectivity index (χ2v) is 6.60. The summed E-state index contributed by atoms with van der Waals surface area (Å²) in [6.45, 7) is 3.80. The Labute approximate surface area is 150 Å². The minimum atomic E-state index is -0.477. The molecule has 0 aliphatic carbocycles. The van der Waals surface area contributed by atoms with Gasteiger partial charge in [0.05, 0.1) is 16.9 Å². The molecule has 1 saturated heterocycles. The summed E-state index contributed by atoms with van der Waals surface area (Å²) in [4.78, 5) is 23.2. The van der Waals surface area contributed by atoms with Gasteiger partial charge in [-0.25, -0.2) is 14.4 Å². The largest absolute Gasteiger partial charge is 0.357 e. The van der Waals surface area contributed by atoms with E-state index in [1.165, 1.54) is 25.3 Å². The number of rotatable bonds is 3. The lowest BCUT2D eigenvalue weighted by atomic mass is 10.1. The van der Waals surface area contributed by atoms with Gasteiger partial charge < -0.3 is 14.6 Å². The van der Waals surface area contributed by atoms with Crippen LogP contribution in [0.25, 0.3) is 5.65 Å². The van der Waals surface area contributed by atoms with Crippen LogP contribution < -0.4 is 10.2 Å². The van der Waals surface area contributed by atoms with Crippen molar-refractivity contribution >= 4 is 23.1 Å². The molecule has 6 nitrogen and oxygen atoms in total. The van der Waals surface area contributed by atoms with Crippen molar-refractivity contribution in [3.8, 4) is 0 Å². The SMILES string of the molecule is Cc1cn2cc(NC(=O)c3ccc(N4CCCCC4)nc3)cc(F)c2n1. The number of imidazole rings is 1. The maximum atomic E-state index is 14.1. The van der Waals surface area contributed by atoms with E-state index >= 15 is 0 Å². The summed E-state index contributed by atoms with van der Waals surface area (Å²) in [6.07, 6.45) is 8.52. The first-order valence-corrected chi connectivity index (χ1v) is 8.77. The molecule has 1 aliphatic heterocycles. The van der Waals surface area contributed by atoms with Crippen molar-refractivity contribution in [2.75, 3.05) is 23.3 Å². The van der Waals surface area contributed by atoms with Gasteiger partial charge in [-0.2, -0.15) is 0 Å². The summed E-state index contributed by atoms with van der Waals surface area (Å²) in [7, 11) is 0. The quantitative estimate of drug-likeness (QED) is 0.784. The summed E-state index contributed by atoms with van der Waals surface area (Å²) >= 11 is 0. The topological polar surface area (TPSA) is 62.5 Å². The third kappa shape index (κ3) is 3.24. The Bertz CT molecular complexity index is 944. The predicted octanol–water partition coefficient (Wildman–Crippen LogP) is 3.42. The Kier molecular flexibility index (Phi) is 4.28. The van der Waals surface area contributed by atoms with Crippen LogP contribution in [-0.2, 0) is 0 Å². The summed E-state index contributed by atoms with van der Waals surface area (Å²) < 4.78 is 15.7. The molecular formula is C19H20FN5O. The monoisotopic (exact) mass is 353 g/mol. The average molecular weight is 353 g/mol. The third-order valence-electron chi connectivity index (χ3n) is 4.57. The van der Waals surface area contributed by atoms with Crippen LogP contribution in [0.2, 0.25) is 0 Å². The van der Waals surface area contributed by atoms with E-state index in [9.17, 15) is 9.18 Å². The van der Waals surface area contributed by atoms with E-state index < -0.39 is 5.82 Å². The van der Waals surface area contributed by atoms with Crippen molar-refractivity contribution in [2.45, 2.75) is 26.2 Å². The Morgan fingerprint density at radius 2 is 2.00 bits per heavy atom. The third-order valence-corrected chi connectivity index (χ3v) is 4.57. The van der Waals surface area contributed by atoms with Gasteiger partial charge in [-0.15, -0.1) is 0 Å². The second-order valence-electron chi connectivity index (χ2n) is 6.60. The first-order chi connectivity index (χ1) is 12.6. The smallest absolute Gasteiger partial charge is 0.257 e. The second kappa shape index (κ2) is 6.74. The molecule has 3 aromatic rings. The van der Waals surface area contributed by atoms with Crippen molar-refractivity contribution in [1.82, 2.24) is 14.4 Å². The number of hydrogen-bond donors (Lipinski definition) is 1. The maximum absolute atomic E-state index is 14.1. The number of halogens is 1. The Morgan fingerprint density at radius 1 is 1.19 bits per heavy atom. The lowest BCUT2D eigenvalue weighted by molar-refractivity contribution is 0.102. The molecule has 0 saturated carbocycles. The van der Waals surface area contributed by atoms with Crippen LogP contribution in [0.3, 0.4) is 0 Å². The zero-order valence-corrected chi connectivity index (χ0v) is 14.6. The molecule has 26 heavy (non-hydrogen) atoms. The van der Waals surface area contributed by atoms with Gasteiger partial charge >= 0.3 is 0 Å². The Morgan fingerprint density at radius 3 is 2.73 bits per heavy atom. The number of nitrogens with zero attached hydrogens (tertiary/aromatic N) is 4. The number of pyridine rings is 2. The summed E-state index contributed by atoms with van der Waals surface area (Å²) in [6, 6.07) is 4.89. The minimum Gasteiger partial charge on any atom is -0.357 e. The maximum Gasteiger partial charge on any atom is 0.257 e. The predicted molar refractivity (Wildman–Crippen MR) is 98.1 cm³/mol. The number of carbonyl (C=O) groups is 1. The molecule has 1 N–H and O–H groups in total. The summed E-state index contributed by atoms with van der Waals surface area (Å²) in [5.74, 6) is 0.0929. The van der Waals surface area contributed by atoms with Gasteiger partial charge in [0.15, 0.2) is 11.5 Å². The molecule has 7 heteroatoms. The molecule has 1 aliphatic rings. The molecule has 0 aromatic carbocycles. The summed E-state index contributed by atoms with van der Waals surface area (Å²) in [5, 5.41) is 2.72. The zero-order chi connectivity index (χ0) is 18.1. The number of piperidine rings is 1. The molecule has 1 amide bonds. The van der Waals surface area contributed by atoms with Gasteiger partial charge in [-0.05, 0) is 38.3 Å². The fourth-order valence-corrected chi connectivity index (χ4v) is 3.28. The number of carbonyl (C=O) groups excluding carboxylic acids is 1. The molecule has 0 atom stereocenters. The van der Waals surface area contributed by atoms with E-state index in [1.54, 1.807) is 36.0 Å². The molecule has 0 bridgehead atoms. The van der Waals surface area contributed by atoms with Crippen LogP contribution in [0.15, 0.2) is 36.8 Å². The van der Waals surface area contributed by atoms with Crippen LogP contribution >= 0.6 is 0 Å². The van der Waals surface area contributed by atoms with Crippen molar-refractivity contribution in [1.29, 1.82) is 0 Å². The van der Waals surface area contributed by atoms with Crippen molar-refractivity contribution in [2.24, 2.45) is 0 Å². The molecule has 134 valence electrons. The molecule has 1 fully saturated rings. The molecule has 3 aromatic heterocycles. The number of aryl methyl sites for hydroxylation is 1. The number of aromatic nitrogens is 3. The highest BCUT2D eigenvalue weighted by atomic mass is 19.1. The van der Waals surface area contributed by atoms with Crippen molar-refractivity contribution in [3.63, 3.8) is 0 Å². The lowest BCUT2D eigenvalue weighted by Gasteiger charge is -2.27. The lowest BCUT2D eigenvalue weighted by Crippen LogP contribution is -2.30. The number of amides is 1. The minimum absolute atomic E-state index is 0.244. The van der Waals surface area contributed by atoms with Gasteiger partial charge in [0.25, 0.3) is 5.91 Å². The van der Waals surface area contributed by atoms with Gasteiger partial charge in [-0.3, -0.25) is 4.79 Å². The van der Waals surface area contributed by atoms with Crippen LogP contribution in [0.4, 0.5) is 15.9 Å². The van der Waals surface area contributed by atoms with Crippen molar-refractivity contribution in [3.05, 3.63) is 53.9 Å². The van der Waals surface area contributed by atoms with Gasteiger partial charge in [0, 0.05) is 37.7 Å². The summed E-state index contributed by atoms with van der Waals surface area (Å²) in [5.41, 5.74) is 1.77. The van der Waals surface area contributed by atoms with Gasteiger partial charge in [0.1, 0.15) is 5.82 Å². The average Bonchev–Trinajstić information content (AvgIpc) is 3.03. The van der Waals surface area contributed by atoms with E-state index in [4.69, 9.17) is 0 Å². The van der Waals surface area contributed by atoms with E-state index in [-0.39, 0.29) is 11.6 Å². The van der Waals surface area contributed by atoms with Crippen molar-refractivity contribution < 1.29 is 9.18 Å².